The highest BCUT2D eigenvalue weighted by Crippen LogP contribution is 2.14. The number of anilines is 1. The van der Waals surface area contributed by atoms with Gasteiger partial charge in [-0.2, -0.15) is 0 Å². The van der Waals surface area contributed by atoms with Gasteiger partial charge in [-0.15, -0.1) is 0 Å². The van der Waals surface area contributed by atoms with E-state index < -0.39 is 0 Å². The summed E-state index contributed by atoms with van der Waals surface area (Å²) in [7, 11) is 1.93. The number of aromatic hydroxyl groups is 1. The molecule has 2 aromatic carbocycles. The van der Waals surface area contributed by atoms with E-state index >= 15 is 0 Å². The molecular weight excluding hydrogens is 356 g/mol. The molecule has 0 aliphatic carbocycles. The number of guanidine groups is 1. The monoisotopic (exact) mass is 384 g/mol. The zero-order valence-electron chi connectivity index (χ0n) is 16.6. The van der Waals surface area contributed by atoms with Crippen LogP contribution in [0.1, 0.15) is 19.4 Å². The highest BCUT2D eigenvalue weighted by Gasteiger charge is 2.09. The van der Waals surface area contributed by atoms with Crippen LogP contribution in [0.15, 0.2) is 53.5 Å². The van der Waals surface area contributed by atoms with Crippen molar-refractivity contribution < 1.29 is 14.6 Å². The molecule has 7 heteroatoms. The quantitative estimate of drug-likeness (QED) is 0.370. The Morgan fingerprint density at radius 2 is 1.79 bits per heavy atom. The highest BCUT2D eigenvalue weighted by molar-refractivity contribution is 5.94. The third-order valence-electron chi connectivity index (χ3n) is 3.87. The van der Waals surface area contributed by atoms with Crippen LogP contribution < -0.4 is 15.4 Å². The Balaban J connectivity index is 1.95. The van der Waals surface area contributed by atoms with Crippen molar-refractivity contribution in [3.63, 3.8) is 0 Å². The largest absolute Gasteiger partial charge is 0.508 e. The van der Waals surface area contributed by atoms with Gasteiger partial charge in [-0.05, 0) is 55.8 Å². The van der Waals surface area contributed by atoms with E-state index in [1.165, 1.54) is 12.1 Å². The molecule has 0 spiro atoms. The van der Waals surface area contributed by atoms with Crippen LogP contribution in [0.3, 0.4) is 0 Å². The standard InChI is InChI=1S/C21H28N4O3/c1-4-22-21(23-14-20(27)24-17-8-10-18(26)11-9-17)25(3)15-16-6-12-19(13-7-16)28-5-2/h6-13,26H,4-5,14-15H2,1-3H3,(H,22,23)(H,24,27). The van der Waals surface area contributed by atoms with Crippen molar-refractivity contribution in [2.24, 2.45) is 4.99 Å². The van der Waals surface area contributed by atoms with Crippen LogP contribution in [-0.4, -0.2) is 48.6 Å². The molecule has 28 heavy (non-hydrogen) atoms. The Morgan fingerprint density at radius 3 is 2.39 bits per heavy atom. The van der Waals surface area contributed by atoms with E-state index in [9.17, 15) is 9.90 Å². The summed E-state index contributed by atoms with van der Waals surface area (Å²) in [5.74, 6) is 1.43. The molecule has 0 aromatic heterocycles. The fraction of sp³-hybridized carbons (Fsp3) is 0.333. The van der Waals surface area contributed by atoms with Crippen molar-refractivity contribution >= 4 is 17.6 Å². The third kappa shape index (κ3) is 6.83. The minimum absolute atomic E-state index is 0.00315. The van der Waals surface area contributed by atoms with Gasteiger partial charge in [0, 0.05) is 25.8 Å². The number of phenolic OH excluding ortho intramolecular Hbond substituents is 1. The van der Waals surface area contributed by atoms with E-state index in [0.29, 0.717) is 31.3 Å². The number of carbonyl (C=O) groups excluding carboxylic acids is 1. The van der Waals surface area contributed by atoms with Crippen LogP contribution in [0.25, 0.3) is 0 Å². The molecule has 3 N–H and O–H groups in total. The minimum atomic E-state index is -0.226. The molecule has 0 radical (unpaired) electrons. The van der Waals surface area contributed by atoms with Crippen LogP contribution in [0.2, 0.25) is 0 Å². The molecule has 0 unspecified atom stereocenters. The molecule has 0 aliphatic heterocycles. The predicted octanol–water partition coefficient (Wildman–Crippen LogP) is 2.83. The second-order valence-electron chi connectivity index (χ2n) is 6.20. The number of nitrogens with zero attached hydrogens (tertiary/aromatic N) is 2. The molecule has 1 amide bonds. The first-order valence-corrected chi connectivity index (χ1v) is 9.32. The lowest BCUT2D eigenvalue weighted by atomic mass is 10.2. The number of ether oxygens (including phenoxy) is 1. The maximum Gasteiger partial charge on any atom is 0.246 e. The maximum absolute atomic E-state index is 12.1. The van der Waals surface area contributed by atoms with Gasteiger partial charge < -0.3 is 25.4 Å². The van der Waals surface area contributed by atoms with Gasteiger partial charge in [0.15, 0.2) is 5.96 Å². The van der Waals surface area contributed by atoms with Gasteiger partial charge in [-0.3, -0.25) is 4.79 Å². The fourth-order valence-corrected chi connectivity index (χ4v) is 2.57. The molecule has 0 aliphatic rings. The van der Waals surface area contributed by atoms with Gasteiger partial charge in [-0.1, -0.05) is 12.1 Å². The van der Waals surface area contributed by atoms with Crippen molar-refractivity contribution in [1.29, 1.82) is 0 Å². The van der Waals surface area contributed by atoms with Gasteiger partial charge in [0.25, 0.3) is 0 Å². The molecule has 0 bridgehead atoms. The molecule has 0 heterocycles. The molecule has 2 rings (SSSR count). The lowest BCUT2D eigenvalue weighted by Crippen LogP contribution is -2.39. The normalized spacial score (nSPS) is 11.0. The summed E-state index contributed by atoms with van der Waals surface area (Å²) >= 11 is 0. The first-order valence-electron chi connectivity index (χ1n) is 9.32. The summed E-state index contributed by atoms with van der Waals surface area (Å²) < 4.78 is 5.46. The van der Waals surface area contributed by atoms with Crippen LogP contribution in [0.4, 0.5) is 5.69 Å². The number of hydrogen-bond acceptors (Lipinski definition) is 4. The summed E-state index contributed by atoms with van der Waals surface area (Å²) in [6, 6.07) is 14.2. The molecular formula is C21H28N4O3. The molecule has 2 aromatic rings. The van der Waals surface area contributed by atoms with Gasteiger partial charge in [-0.25, -0.2) is 4.99 Å². The van der Waals surface area contributed by atoms with Crippen LogP contribution in [0.5, 0.6) is 11.5 Å². The number of rotatable bonds is 8. The highest BCUT2D eigenvalue weighted by atomic mass is 16.5. The van der Waals surface area contributed by atoms with Crippen LogP contribution >= 0.6 is 0 Å². The van der Waals surface area contributed by atoms with Gasteiger partial charge >= 0.3 is 0 Å². The second-order valence-corrected chi connectivity index (χ2v) is 6.20. The smallest absolute Gasteiger partial charge is 0.246 e. The van der Waals surface area contributed by atoms with Gasteiger partial charge in [0.05, 0.1) is 6.61 Å². The van der Waals surface area contributed by atoms with Gasteiger partial charge in [0.1, 0.15) is 18.0 Å². The van der Waals surface area contributed by atoms with Gasteiger partial charge in [0.2, 0.25) is 5.91 Å². The van der Waals surface area contributed by atoms with E-state index in [-0.39, 0.29) is 18.2 Å². The lowest BCUT2D eigenvalue weighted by Gasteiger charge is -2.22. The Hall–Kier alpha value is -3.22. The SMILES string of the molecule is CCNC(=NCC(=O)Nc1ccc(O)cc1)N(C)Cc1ccc(OCC)cc1. The first-order chi connectivity index (χ1) is 13.5. The lowest BCUT2D eigenvalue weighted by molar-refractivity contribution is -0.114. The Labute approximate surface area is 166 Å². The molecule has 0 fully saturated rings. The second kappa shape index (κ2) is 10.8. The number of hydrogen-bond donors (Lipinski definition) is 3. The van der Waals surface area contributed by atoms with Crippen LogP contribution in [0, 0.1) is 0 Å². The molecule has 0 atom stereocenters. The van der Waals surface area contributed by atoms with Crippen molar-refractivity contribution in [3.05, 3.63) is 54.1 Å². The van der Waals surface area contributed by atoms with E-state index in [1.807, 2.05) is 50.1 Å². The number of aliphatic imine (C=N–C) groups is 1. The predicted molar refractivity (Wildman–Crippen MR) is 112 cm³/mol. The number of phenols is 1. The summed E-state index contributed by atoms with van der Waals surface area (Å²) in [5.41, 5.74) is 1.73. The third-order valence-corrected chi connectivity index (χ3v) is 3.87. The Kier molecular flexibility index (Phi) is 8.14. The Morgan fingerprint density at radius 1 is 1.11 bits per heavy atom. The van der Waals surface area contributed by atoms with E-state index in [4.69, 9.17) is 4.74 Å². The average Bonchev–Trinajstić information content (AvgIpc) is 2.68. The van der Waals surface area contributed by atoms with E-state index in [1.54, 1.807) is 12.1 Å². The number of carbonyl (C=O) groups is 1. The first kappa shape index (κ1) is 21.1. The van der Waals surface area contributed by atoms with Crippen molar-refractivity contribution in [2.75, 3.05) is 32.1 Å². The number of amides is 1. The van der Waals surface area contributed by atoms with E-state index in [0.717, 1.165) is 11.3 Å². The summed E-state index contributed by atoms with van der Waals surface area (Å²) in [6.07, 6.45) is 0. The maximum atomic E-state index is 12.1. The summed E-state index contributed by atoms with van der Waals surface area (Å²) in [6.45, 7) is 5.93. The van der Waals surface area contributed by atoms with E-state index in [2.05, 4.69) is 15.6 Å². The zero-order chi connectivity index (χ0) is 20.4. The number of benzene rings is 2. The topological polar surface area (TPSA) is 86.2 Å². The van der Waals surface area contributed by atoms with Crippen molar-refractivity contribution in [2.45, 2.75) is 20.4 Å². The van der Waals surface area contributed by atoms with Crippen molar-refractivity contribution in [3.8, 4) is 11.5 Å². The zero-order valence-corrected chi connectivity index (χ0v) is 16.6. The molecule has 0 saturated heterocycles. The fourth-order valence-electron chi connectivity index (χ4n) is 2.57. The van der Waals surface area contributed by atoms with Crippen molar-refractivity contribution in [1.82, 2.24) is 10.2 Å². The van der Waals surface area contributed by atoms with Crippen LogP contribution in [-0.2, 0) is 11.3 Å². The molecule has 0 saturated carbocycles. The summed E-state index contributed by atoms with van der Waals surface area (Å²) in [4.78, 5) is 18.5. The molecule has 150 valence electrons. The number of nitrogens with one attached hydrogen (secondary N) is 2. The average molecular weight is 384 g/mol. The summed E-state index contributed by atoms with van der Waals surface area (Å²) in [5, 5.41) is 15.3. The Bertz CT molecular complexity index is 773. The minimum Gasteiger partial charge on any atom is -0.508 e. The molecule has 7 nitrogen and oxygen atoms in total.